The third kappa shape index (κ3) is 4.51. The Balaban J connectivity index is 1.69. The Hall–Kier alpha value is -2.86. The molecular weight excluding hydrogens is 356 g/mol. The molecule has 148 valence electrons. The van der Waals surface area contributed by atoms with Gasteiger partial charge in [-0.15, -0.1) is 0 Å². The molecule has 2 aromatic rings. The summed E-state index contributed by atoms with van der Waals surface area (Å²) in [5.41, 5.74) is 2.35. The van der Waals surface area contributed by atoms with E-state index in [0.717, 1.165) is 36.4 Å². The minimum absolute atomic E-state index is 0.00465. The number of hydrogen-bond acceptors (Lipinski definition) is 5. The van der Waals surface area contributed by atoms with Crippen LogP contribution in [0, 0.1) is 0 Å². The van der Waals surface area contributed by atoms with E-state index in [0.29, 0.717) is 17.8 Å². The number of benzene rings is 2. The van der Waals surface area contributed by atoms with E-state index >= 15 is 0 Å². The van der Waals surface area contributed by atoms with Gasteiger partial charge in [0.15, 0.2) is 5.78 Å². The summed E-state index contributed by atoms with van der Waals surface area (Å²) in [5.74, 6) is 1.50. The smallest absolute Gasteiger partial charge is 0.238 e. The maximum atomic E-state index is 12.6. The number of nitrogens with one attached hydrogen (secondary N) is 1. The highest BCUT2D eigenvalue weighted by atomic mass is 16.5. The van der Waals surface area contributed by atoms with Gasteiger partial charge in [-0.3, -0.25) is 14.5 Å². The third-order valence-electron chi connectivity index (χ3n) is 5.08. The molecular formula is C22H26N2O4. The molecule has 3 rings (SSSR count). The number of nitrogens with zero attached hydrogens (tertiary/aromatic N) is 1. The lowest BCUT2D eigenvalue weighted by atomic mass is 10.0. The molecule has 1 amide bonds. The van der Waals surface area contributed by atoms with Crippen molar-refractivity contribution in [3.05, 3.63) is 53.6 Å². The average Bonchev–Trinajstić information content (AvgIpc) is 3.15. The standard InChI is InChI=1S/C22H26N2O4/c1-15(25)16-6-8-17(9-7-16)23-22(26)14-24-12-4-5-20(24)19-13-18(27-2)10-11-21(19)28-3/h6-11,13,20H,4-5,12,14H2,1-3H3,(H,23,26)/t20-/m0/s1. The summed E-state index contributed by atoms with van der Waals surface area (Å²) in [6.07, 6.45) is 1.98. The van der Waals surface area contributed by atoms with Crippen LogP contribution in [0.15, 0.2) is 42.5 Å². The molecule has 0 unspecified atom stereocenters. The van der Waals surface area contributed by atoms with Crippen molar-refractivity contribution in [2.24, 2.45) is 0 Å². The van der Waals surface area contributed by atoms with Gasteiger partial charge in [-0.05, 0) is 68.8 Å². The van der Waals surface area contributed by atoms with E-state index in [9.17, 15) is 9.59 Å². The maximum Gasteiger partial charge on any atom is 0.238 e. The van der Waals surface area contributed by atoms with Crippen LogP contribution >= 0.6 is 0 Å². The predicted molar refractivity (Wildman–Crippen MR) is 108 cm³/mol. The van der Waals surface area contributed by atoms with Gasteiger partial charge < -0.3 is 14.8 Å². The number of amides is 1. The van der Waals surface area contributed by atoms with Gasteiger partial charge in [-0.1, -0.05) is 0 Å². The van der Waals surface area contributed by atoms with Crippen LogP contribution < -0.4 is 14.8 Å². The van der Waals surface area contributed by atoms with Crippen molar-refractivity contribution < 1.29 is 19.1 Å². The van der Waals surface area contributed by atoms with Gasteiger partial charge in [-0.25, -0.2) is 0 Å². The van der Waals surface area contributed by atoms with E-state index in [-0.39, 0.29) is 17.7 Å². The second-order valence-electron chi connectivity index (χ2n) is 6.92. The minimum Gasteiger partial charge on any atom is -0.497 e. The molecule has 0 saturated carbocycles. The summed E-state index contributed by atoms with van der Waals surface area (Å²) < 4.78 is 10.9. The minimum atomic E-state index is -0.0793. The molecule has 1 saturated heterocycles. The van der Waals surface area contributed by atoms with Gasteiger partial charge in [0.25, 0.3) is 0 Å². The Labute approximate surface area is 165 Å². The van der Waals surface area contributed by atoms with Crippen molar-refractivity contribution in [1.82, 2.24) is 4.90 Å². The lowest BCUT2D eigenvalue weighted by molar-refractivity contribution is -0.117. The van der Waals surface area contributed by atoms with Crippen LogP contribution in [0.1, 0.15) is 41.7 Å². The molecule has 6 heteroatoms. The number of rotatable bonds is 7. The van der Waals surface area contributed by atoms with Crippen molar-refractivity contribution in [1.29, 1.82) is 0 Å². The first kappa shape index (κ1) is 19.9. The summed E-state index contributed by atoms with van der Waals surface area (Å²) in [6.45, 7) is 2.66. The van der Waals surface area contributed by atoms with Crippen LogP contribution in [0.3, 0.4) is 0 Å². The van der Waals surface area contributed by atoms with Crippen LogP contribution in [0.2, 0.25) is 0 Å². The zero-order chi connectivity index (χ0) is 20.1. The fourth-order valence-corrected chi connectivity index (χ4v) is 3.64. The van der Waals surface area contributed by atoms with Crippen LogP contribution in [0.4, 0.5) is 5.69 Å². The SMILES string of the molecule is COc1ccc(OC)c([C@@H]2CCCN2CC(=O)Nc2ccc(C(C)=O)cc2)c1. The fraction of sp³-hybridized carbons (Fsp3) is 0.364. The van der Waals surface area contributed by atoms with Crippen molar-refractivity contribution in [2.75, 3.05) is 32.6 Å². The number of carbonyl (C=O) groups excluding carboxylic acids is 2. The first-order chi connectivity index (χ1) is 13.5. The highest BCUT2D eigenvalue weighted by Crippen LogP contribution is 2.38. The van der Waals surface area contributed by atoms with E-state index in [1.165, 1.54) is 6.92 Å². The van der Waals surface area contributed by atoms with E-state index in [1.807, 2.05) is 18.2 Å². The highest BCUT2D eigenvalue weighted by molar-refractivity contribution is 5.96. The molecule has 0 aliphatic carbocycles. The molecule has 2 aromatic carbocycles. The Morgan fingerprint density at radius 3 is 2.50 bits per heavy atom. The van der Waals surface area contributed by atoms with Gasteiger partial charge in [0.2, 0.25) is 5.91 Å². The zero-order valence-corrected chi connectivity index (χ0v) is 16.5. The zero-order valence-electron chi connectivity index (χ0n) is 16.5. The Kier molecular flexibility index (Phi) is 6.31. The van der Waals surface area contributed by atoms with Gasteiger partial charge in [-0.2, -0.15) is 0 Å². The number of ketones is 1. The maximum absolute atomic E-state index is 12.6. The van der Waals surface area contributed by atoms with E-state index in [4.69, 9.17) is 9.47 Å². The fourth-order valence-electron chi connectivity index (χ4n) is 3.64. The Morgan fingerprint density at radius 2 is 1.86 bits per heavy atom. The highest BCUT2D eigenvalue weighted by Gasteiger charge is 2.30. The molecule has 6 nitrogen and oxygen atoms in total. The van der Waals surface area contributed by atoms with E-state index in [2.05, 4.69) is 10.2 Å². The third-order valence-corrected chi connectivity index (χ3v) is 5.08. The molecule has 28 heavy (non-hydrogen) atoms. The summed E-state index contributed by atoms with van der Waals surface area (Å²) in [7, 11) is 3.30. The van der Waals surface area contributed by atoms with Gasteiger partial charge in [0, 0.05) is 22.9 Å². The lowest BCUT2D eigenvalue weighted by Crippen LogP contribution is -2.33. The van der Waals surface area contributed by atoms with Gasteiger partial charge in [0.05, 0.1) is 20.8 Å². The van der Waals surface area contributed by atoms with Crippen molar-refractivity contribution in [2.45, 2.75) is 25.8 Å². The second kappa shape index (κ2) is 8.89. The van der Waals surface area contributed by atoms with E-state index < -0.39 is 0 Å². The van der Waals surface area contributed by atoms with Gasteiger partial charge >= 0.3 is 0 Å². The van der Waals surface area contributed by atoms with Crippen molar-refractivity contribution >= 4 is 17.4 Å². The number of hydrogen-bond donors (Lipinski definition) is 1. The molecule has 1 aliphatic rings. The number of anilines is 1. The first-order valence-electron chi connectivity index (χ1n) is 9.38. The molecule has 1 atom stereocenters. The molecule has 1 aliphatic heterocycles. The number of likely N-dealkylation sites (tertiary alicyclic amines) is 1. The molecule has 1 fully saturated rings. The molecule has 1 N–H and O–H groups in total. The molecule has 0 radical (unpaired) electrons. The second-order valence-corrected chi connectivity index (χ2v) is 6.92. The van der Waals surface area contributed by atoms with Crippen LogP contribution in [0.5, 0.6) is 11.5 Å². The summed E-state index contributed by atoms with van der Waals surface area (Å²) >= 11 is 0. The largest absolute Gasteiger partial charge is 0.497 e. The first-order valence-corrected chi connectivity index (χ1v) is 9.38. The summed E-state index contributed by atoms with van der Waals surface area (Å²) in [6, 6.07) is 12.8. The number of ether oxygens (including phenoxy) is 2. The predicted octanol–water partition coefficient (Wildman–Crippen LogP) is 3.68. The van der Waals surface area contributed by atoms with Crippen molar-refractivity contribution in [3.63, 3.8) is 0 Å². The monoisotopic (exact) mass is 382 g/mol. The van der Waals surface area contributed by atoms with Gasteiger partial charge in [0.1, 0.15) is 11.5 Å². The lowest BCUT2D eigenvalue weighted by Gasteiger charge is -2.26. The summed E-state index contributed by atoms with van der Waals surface area (Å²) in [5, 5.41) is 2.91. The van der Waals surface area contributed by atoms with Crippen molar-refractivity contribution in [3.8, 4) is 11.5 Å². The molecule has 1 heterocycles. The van der Waals surface area contributed by atoms with Crippen LogP contribution in [0.25, 0.3) is 0 Å². The average molecular weight is 382 g/mol. The molecule has 0 spiro atoms. The molecule has 0 bridgehead atoms. The molecule has 0 aromatic heterocycles. The quantitative estimate of drug-likeness (QED) is 0.740. The number of methoxy groups -OCH3 is 2. The van der Waals surface area contributed by atoms with E-state index in [1.54, 1.807) is 38.5 Å². The summed E-state index contributed by atoms with van der Waals surface area (Å²) in [4.78, 5) is 26.1. The Morgan fingerprint density at radius 1 is 1.11 bits per heavy atom. The Bertz CT molecular complexity index is 848. The van der Waals surface area contributed by atoms with Crippen LogP contribution in [-0.4, -0.2) is 43.9 Å². The van der Waals surface area contributed by atoms with Crippen LogP contribution in [-0.2, 0) is 4.79 Å². The topological polar surface area (TPSA) is 67.9 Å². The number of Topliss-reactive ketones (excluding diaryl/α,β-unsaturated/α-hetero) is 1. The normalized spacial score (nSPS) is 16.6. The number of carbonyl (C=O) groups is 2.